The van der Waals surface area contributed by atoms with E-state index in [0.717, 1.165) is 19.3 Å². The molecule has 2 aliphatic rings. The molecule has 0 nitrogen and oxygen atoms in total. The van der Waals surface area contributed by atoms with E-state index in [-0.39, 0.29) is 5.41 Å². The average Bonchev–Trinajstić information content (AvgIpc) is 3.18. The first-order valence-corrected chi connectivity index (χ1v) is 13.6. The van der Waals surface area contributed by atoms with Crippen molar-refractivity contribution in [2.45, 2.75) is 45.4 Å². The molecule has 5 aromatic carbocycles. The van der Waals surface area contributed by atoms with Crippen LogP contribution in [0.5, 0.6) is 0 Å². The summed E-state index contributed by atoms with van der Waals surface area (Å²) in [6.07, 6.45) is 3.00. The zero-order valence-corrected chi connectivity index (χ0v) is 21.9. The van der Waals surface area contributed by atoms with Gasteiger partial charge in [0.25, 0.3) is 0 Å². The molecule has 0 amide bonds. The summed E-state index contributed by atoms with van der Waals surface area (Å²) in [6.45, 7) is 6.66. The molecule has 0 unspecified atom stereocenters. The molecule has 0 aromatic heterocycles. The van der Waals surface area contributed by atoms with Crippen LogP contribution in [0.1, 0.15) is 68.1 Å². The van der Waals surface area contributed by atoms with Gasteiger partial charge in [0, 0.05) is 0 Å². The molecular formula is C37H32. The maximum Gasteiger partial charge on any atom is 0.0719 e. The van der Waals surface area contributed by atoms with Crippen molar-refractivity contribution in [3.8, 4) is 11.1 Å². The highest BCUT2D eigenvalue weighted by molar-refractivity contribution is 5.88. The zero-order chi connectivity index (χ0) is 25.1. The van der Waals surface area contributed by atoms with Crippen molar-refractivity contribution in [2.24, 2.45) is 0 Å². The lowest BCUT2D eigenvalue weighted by molar-refractivity contribution is 0.720. The van der Waals surface area contributed by atoms with Gasteiger partial charge in [-0.05, 0) is 94.3 Å². The van der Waals surface area contributed by atoms with Gasteiger partial charge in [-0.3, -0.25) is 0 Å². The van der Waals surface area contributed by atoms with Gasteiger partial charge in [0.15, 0.2) is 0 Å². The maximum absolute atomic E-state index is 2.50. The molecule has 7 rings (SSSR count). The minimum absolute atomic E-state index is 0.264. The first-order valence-electron chi connectivity index (χ1n) is 13.6. The van der Waals surface area contributed by atoms with Gasteiger partial charge < -0.3 is 0 Å². The Morgan fingerprint density at radius 1 is 0.541 bits per heavy atom. The molecule has 2 aliphatic carbocycles. The highest BCUT2D eigenvalue weighted by Gasteiger charge is 2.49. The van der Waals surface area contributed by atoms with Crippen molar-refractivity contribution in [3.05, 3.63) is 164 Å². The van der Waals surface area contributed by atoms with Gasteiger partial charge in [0.2, 0.25) is 0 Å². The van der Waals surface area contributed by atoms with Crippen molar-refractivity contribution in [2.75, 3.05) is 0 Å². The summed E-state index contributed by atoms with van der Waals surface area (Å²) in [7, 11) is 0. The highest BCUT2D eigenvalue weighted by atomic mass is 14.5. The minimum Gasteiger partial charge on any atom is -0.0620 e. The zero-order valence-electron chi connectivity index (χ0n) is 21.9. The number of hydrogen-bond donors (Lipinski definition) is 0. The largest absolute Gasteiger partial charge is 0.0719 e. The molecule has 0 atom stereocenters. The second-order valence-corrected chi connectivity index (χ2v) is 11.0. The summed E-state index contributed by atoms with van der Waals surface area (Å²) in [4.78, 5) is 0. The molecule has 0 fully saturated rings. The van der Waals surface area contributed by atoms with E-state index in [0.29, 0.717) is 0 Å². The Morgan fingerprint density at radius 2 is 1.19 bits per heavy atom. The molecular weight excluding hydrogens is 444 g/mol. The van der Waals surface area contributed by atoms with Gasteiger partial charge in [0.05, 0.1) is 5.41 Å². The summed E-state index contributed by atoms with van der Waals surface area (Å²) in [6, 6.07) is 39.7. The van der Waals surface area contributed by atoms with E-state index in [2.05, 4.69) is 124 Å². The van der Waals surface area contributed by atoms with E-state index in [1.807, 2.05) is 0 Å². The Bertz CT molecular complexity index is 1620. The van der Waals surface area contributed by atoms with Crippen LogP contribution in [0.2, 0.25) is 0 Å². The van der Waals surface area contributed by atoms with Gasteiger partial charge >= 0.3 is 0 Å². The third kappa shape index (κ3) is 3.28. The average molecular weight is 477 g/mol. The summed E-state index contributed by atoms with van der Waals surface area (Å²) >= 11 is 0. The Kier molecular flexibility index (Phi) is 5.01. The quantitative estimate of drug-likeness (QED) is 0.239. The Balaban J connectivity index is 1.51. The molecule has 0 bridgehead atoms. The van der Waals surface area contributed by atoms with Crippen LogP contribution in [-0.2, 0) is 24.7 Å². The molecule has 0 heterocycles. The Labute approximate surface area is 220 Å². The van der Waals surface area contributed by atoms with Crippen molar-refractivity contribution in [3.63, 3.8) is 0 Å². The minimum atomic E-state index is -0.264. The fourth-order valence-electron chi connectivity index (χ4n) is 7.17. The predicted octanol–water partition coefficient (Wildman–Crippen LogP) is 8.72. The van der Waals surface area contributed by atoms with Gasteiger partial charge in [-0.2, -0.15) is 0 Å². The van der Waals surface area contributed by atoms with Crippen LogP contribution in [0.25, 0.3) is 11.1 Å². The standard InChI is InChI=1S/C37H32/c1-4-26-13-15-31-32-21-27(20-28-18-24(2)17-25(3)19-28)14-16-35(32)37(36(31)22-26)33-11-7-5-9-29(33)23-30-10-6-8-12-34(30)37/h5-19,21-22H,4,20,23H2,1-3H3. The van der Waals surface area contributed by atoms with E-state index in [1.54, 1.807) is 0 Å². The van der Waals surface area contributed by atoms with Crippen molar-refractivity contribution < 1.29 is 0 Å². The molecule has 180 valence electrons. The summed E-state index contributed by atoms with van der Waals surface area (Å²) < 4.78 is 0. The van der Waals surface area contributed by atoms with Gasteiger partial charge in [-0.15, -0.1) is 0 Å². The molecule has 1 spiro atoms. The molecule has 0 radical (unpaired) electrons. The second-order valence-electron chi connectivity index (χ2n) is 11.0. The number of benzene rings is 5. The molecule has 0 saturated heterocycles. The summed E-state index contributed by atoms with van der Waals surface area (Å²) in [5.41, 5.74) is 18.0. The summed E-state index contributed by atoms with van der Waals surface area (Å²) in [5.74, 6) is 0. The molecule has 0 aliphatic heterocycles. The van der Waals surface area contributed by atoms with Gasteiger partial charge in [-0.25, -0.2) is 0 Å². The fourth-order valence-corrected chi connectivity index (χ4v) is 7.17. The number of hydrogen-bond acceptors (Lipinski definition) is 0. The normalized spacial score (nSPS) is 14.1. The van der Waals surface area contributed by atoms with E-state index < -0.39 is 0 Å². The van der Waals surface area contributed by atoms with Crippen molar-refractivity contribution in [1.29, 1.82) is 0 Å². The molecule has 0 saturated carbocycles. The first kappa shape index (κ1) is 22.3. The Morgan fingerprint density at radius 3 is 1.86 bits per heavy atom. The topological polar surface area (TPSA) is 0 Å². The number of fused-ring (bicyclic) bond motifs is 9. The van der Waals surface area contributed by atoms with Crippen LogP contribution in [-0.4, -0.2) is 0 Å². The third-order valence-electron chi connectivity index (χ3n) is 8.59. The monoisotopic (exact) mass is 476 g/mol. The summed E-state index contributed by atoms with van der Waals surface area (Å²) in [5, 5.41) is 0. The fraction of sp³-hybridized carbons (Fsp3) is 0.189. The maximum atomic E-state index is 2.50. The molecule has 37 heavy (non-hydrogen) atoms. The van der Waals surface area contributed by atoms with Crippen molar-refractivity contribution in [1.82, 2.24) is 0 Å². The van der Waals surface area contributed by atoms with Crippen LogP contribution < -0.4 is 0 Å². The van der Waals surface area contributed by atoms with E-state index >= 15 is 0 Å². The van der Waals surface area contributed by atoms with E-state index in [9.17, 15) is 0 Å². The lowest BCUT2D eigenvalue weighted by Crippen LogP contribution is -2.34. The van der Waals surface area contributed by atoms with Crippen LogP contribution >= 0.6 is 0 Å². The number of aryl methyl sites for hydroxylation is 3. The predicted molar refractivity (Wildman–Crippen MR) is 155 cm³/mol. The SMILES string of the molecule is CCc1ccc2c(c1)C1(c3ccccc3Cc3ccccc31)c1ccc(Cc3cc(C)cc(C)c3)cc1-2. The van der Waals surface area contributed by atoms with Gasteiger partial charge in [-0.1, -0.05) is 121 Å². The number of rotatable bonds is 3. The first-order chi connectivity index (χ1) is 18.1. The lowest BCUT2D eigenvalue weighted by Gasteiger charge is -2.40. The molecule has 5 aromatic rings. The van der Waals surface area contributed by atoms with E-state index in [4.69, 9.17) is 0 Å². The Hall–Kier alpha value is -3.90. The van der Waals surface area contributed by atoms with Crippen LogP contribution in [0.3, 0.4) is 0 Å². The van der Waals surface area contributed by atoms with E-state index in [1.165, 1.54) is 72.3 Å². The molecule has 0 N–H and O–H groups in total. The third-order valence-corrected chi connectivity index (χ3v) is 8.59. The van der Waals surface area contributed by atoms with Crippen LogP contribution in [0.15, 0.2) is 103 Å². The van der Waals surface area contributed by atoms with Crippen molar-refractivity contribution >= 4 is 0 Å². The highest BCUT2D eigenvalue weighted by Crippen LogP contribution is 2.59. The lowest BCUT2D eigenvalue weighted by atomic mass is 9.61. The molecule has 0 heteroatoms. The second kappa shape index (κ2) is 8.32. The van der Waals surface area contributed by atoms with Crippen LogP contribution in [0.4, 0.5) is 0 Å². The smallest absolute Gasteiger partial charge is 0.0620 e. The van der Waals surface area contributed by atoms with Crippen LogP contribution in [0, 0.1) is 13.8 Å². The van der Waals surface area contributed by atoms with Gasteiger partial charge in [0.1, 0.15) is 0 Å².